The average molecular weight is 274 g/mol. The van der Waals surface area contributed by atoms with Gasteiger partial charge in [-0.1, -0.05) is 38.1 Å². The van der Waals surface area contributed by atoms with Gasteiger partial charge in [-0.05, 0) is 43.7 Å². The minimum Gasteiger partial charge on any atom is -0.310 e. The van der Waals surface area contributed by atoms with Gasteiger partial charge in [0.2, 0.25) is 0 Å². The second-order valence-corrected chi connectivity index (χ2v) is 6.89. The third-order valence-electron chi connectivity index (χ3n) is 3.91. The summed E-state index contributed by atoms with van der Waals surface area (Å²) in [7, 11) is 0. The molecule has 1 N–H and O–H groups in total. The second-order valence-electron chi connectivity index (χ2n) is 6.89. The van der Waals surface area contributed by atoms with Crippen molar-refractivity contribution in [2.45, 2.75) is 65.7 Å². The van der Waals surface area contributed by atoms with Crippen molar-refractivity contribution in [2.75, 3.05) is 6.54 Å². The highest BCUT2D eigenvalue weighted by molar-refractivity contribution is 5.22. The summed E-state index contributed by atoms with van der Waals surface area (Å²) in [4.78, 5) is 2.56. The van der Waals surface area contributed by atoms with Gasteiger partial charge in [0.15, 0.2) is 0 Å². The first-order valence-electron chi connectivity index (χ1n) is 8.10. The first-order valence-corrected chi connectivity index (χ1v) is 8.10. The van der Waals surface area contributed by atoms with Crippen molar-refractivity contribution >= 4 is 0 Å². The van der Waals surface area contributed by atoms with Gasteiger partial charge in [0.1, 0.15) is 0 Å². The van der Waals surface area contributed by atoms with Crippen molar-refractivity contribution < 1.29 is 0 Å². The molecule has 1 saturated carbocycles. The number of hydrogen-bond donors (Lipinski definition) is 1. The van der Waals surface area contributed by atoms with Gasteiger partial charge in [0, 0.05) is 31.7 Å². The van der Waals surface area contributed by atoms with Gasteiger partial charge in [0.05, 0.1) is 0 Å². The molecule has 1 aromatic rings. The van der Waals surface area contributed by atoms with Gasteiger partial charge in [-0.25, -0.2) is 0 Å². The summed E-state index contributed by atoms with van der Waals surface area (Å²) in [5.74, 6) is 0.722. The SMILES string of the molecule is CC(C)CN(Cc1ccc(CNC2CC2)cc1)C(C)C. The predicted octanol–water partition coefficient (Wildman–Crippen LogP) is 3.81. The van der Waals surface area contributed by atoms with Crippen molar-refractivity contribution in [1.82, 2.24) is 10.2 Å². The van der Waals surface area contributed by atoms with E-state index in [2.05, 4.69) is 62.2 Å². The maximum atomic E-state index is 3.57. The van der Waals surface area contributed by atoms with E-state index in [1.165, 1.54) is 30.5 Å². The molecule has 2 nitrogen and oxygen atoms in total. The Labute approximate surface area is 124 Å². The summed E-state index contributed by atoms with van der Waals surface area (Å²) in [6.07, 6.45) is 2.72. The fraction of sp³-hybridized carbons (Fsp3) is 0.667. The Balaban J connectivity index is 1.86. The molecule has 20 heavy (non-hydrogen) atoms. The van der Waals surface area contributed by atoms with E-state index in [4.69, 9.17) is 0 Å². The maximum absolute atomic E-state index is 3.57. The van der Waals surface area contributed by atoms with Crippen LogP contribution in [0.5, 0.6) is 0 Å². The number of nitrogens with zero attached hydrogens (tertiary/aromatic N) is 1. The first kappa shape index (κ1) is 15.5. The van der Waals surface area contributed by atoms with Crippen LogP contribution in [0.25, 0.3) is 0 Å². The Morgan fingerprint density at radius 3 is 2.15 bits per heavy atom. The minimum absolute atomic E-state index is 0.605. The van der Waals surface area contributed by atoms with E-state index in [9.17, 15) is 0 Å². The summed E-state index contributed by atoms with van der Waals surface area (Å²) in [6, 6.07) is 10.5. The van der Waals surface area contributed by atoms with Gasteiger partial charge in [-0.3, -0.25) is 4.90 Å². The zero-order chi connectivity index (χ0) is 14.5. The molecule has 2 heteroatoms. The van der Waals surface area contributed by atoms with Gasteiger partial charge in [-0.2, -0.15) is 0 Å². The van der Waals surface area contributed by atoms with Crippen LogP contribution in [0.1, 0.15) is 51.7 Å². The van der Waals surface area contributed by atoms with E-state index in [1.807, 2.05) is 0 Å². The molecule has 1 aromatic carbocycles. The van der Waals surface area contributed by atoms with E-state index in [0.29, 0.717) is 6.04 Å². The number of nitrogens with one attached hydrogen (secondary N) is 1. The Kier molecular flexibility index (Phi) is 5.62. The van der Waals surface area contributed by atoms with E-state index < -0.39 is 0 Å². The third kappa shape index (κ3) is 5.26. The van der Waals surface area contributed by atoms with Crippen LogP contribution >= 0.6 is 0 Å². The van der Waals surface area contributed by atoms with Gasteiger partial charge >= 0.3 is 0 Å². The summed E-state index contributed by atoms with van der Waals surface area (Å²) in [6.45, 7) is 12.4. The molecule has 2 rings (SSSR count). The zero-order valence-electron chi connectivity index (χ0n) is 13.5. The Bertz CT molecular complexity index is 390. The predicted molar refractivity (Wildman–Crippen MR) is 86.7 cm³/mol. The highest BCUT2D eigenvalue weighted by atomic mass is 15.1. The van der Waals surface area contributed by atoms with Crippen LogP contribution in [0.15, 0.2) is 24.3 Å². The molecule has 1 aliphatic carbocycles. The summed E-state index contributed by atoms with van der Waals surface area (Å²) < 4.78 is 0. The first-order chi connectivity index (χ1) is 9.54. The molecule has 0 heterocycles. The topological polar surface area (TPSA) is 15.3 Å². The van der Waals surface area contributed by atoms with Crippen molar-refractivity contribution in [2.24, 2.45) is 5.92 Å². The van der Waals surface area contributed by atoms with Crippen molar-refractivity contribution in [3.8, 4) is 0 Å². The number of benzene rings is 1. The average Bonchev–Trinajstić information content (AvgIpc) is 3.20. The molecule has 0 radical (unpaired) electrons. The van der Waals surface area contributed by atoms with E-state index in [1.54, 1.807) is 0 Å². The van der Waals surface area contributed by atoms with Crippen LogP contribution in [-0.2, 0) is 13.1 Å². The molecular formula is C18H30N2. The van der Waals surface area contributed by atoms with Gasteiger partial charge < -0.3 is 5.32 Å². The smallest absolute Gasteiger partial charge is 0.0236 e. The van der Waals surface area contributed by atoms with Crippen molar-refractivity contribution in [3.05, 3.63) is 35.4 Å². The van der Waals surface area contributed by atoms with Crippen LogP contribution in [0.3, 0.4) is 0 Å². The summed E-state index contributed by atoms with van der Waals surface area (Å²) in [5, 5.41) is 3.57. The van der Waals surface area contributed by atoms with Crippen LogP contribution < -0.4 is 5.32 Å². The fourth-order valence-electron chi connectivity index (χ4n) is 2.47. The third-order valence-corrected chi connectivity index (χ3v) is 3.91. The van der Waals surface area contributed by atoms with Gasteiger partial charge in [0.25, 0.3) is 0 Å². The van der Waals surface area contributed by atoms with Crippen LogP contribution in [-0.4, -0.2) is 23.5 Å². The highest BCUT2D eigenvalue weighted by Crippen LogP contribution is 2.19. The van der Waals surface area contributed by atoms with Crippen molar-refractivity contribution in [3.63, 3.8) is 0 Å². The molecule has 1 aliphatic rings. The van der Waals surface area contributed by atoms with Crippen LogP contribution in [0, 0.1) is 5.92 Å². The Morgan fingerprint density at radius 1 is 1.05 bits per heavy atom. The second kappa shape index (κ2) is 7.24. The lowest BCUT2D eigenvalue weighted by molar-refractivity contribution is 0.189. The minimum atomic E-state index is 0.605. The standard InChI is InChI=1S/C18H30N2/c1-14(2)12-20(15(3)4)13-17-7-5-16(6-8-17)11-19-18-9-10-18/h5-8,14-15,18-19H,9-13H2,1-4H3. The highest BCUT2D eigenvalue weighted by Gasteiger charge is 2.19. The number of rotatable bonds is 8. The molecule has 0 aliphatic heterocycles. The summed E-state index contributed by atoms with van der Waals surface area (Å²) in [5.41, 5.74) is 2.83. The monoisotopic (exact) mass is 274 g/mol. The molecule has 0 spiro atoms. The Morgan fingerprint density at radius 2 is 1.65 bits per heavy atom. The molecular weight excluding hydrogens is 244 g/mol. The van der Waals surface area contributed by atoms with Crippen molar-refractivity contribution in [1.29, 1.82) is 0 Å². The number of hydrogen-bond acceptors (Lipinski definition) is 2. The maximum Gasteiger partial charge on any atom is 0.0236 e. The quantitative estimate of drug-likeness (QED) is 0.775. The molecule has 0 bridgehead atoms. The molecule has 1 fully saturated rings. The molecule has 0 amide bonds. The fourth-order valence-corrected chi connectivity index (χ4v) is 2.47. The molecule has 112 valence electrons. The van der Waals surface area contributed by atoms with Crippen LogP contribution in [0.2, 0.25) is 0 Å². The molecule has 0 atom stereocenters. The zero-order valence-corrected chi connectivity index (χ0v) is 13.5. The van der Waals surface area contributed by atoms with E-state index in [0.717, 1.165) is 25.0 Å². The lowest BCUT2D eigenvalue weighted by atomic mass is 10.1. The lowest BCUT2D eigenvalue weighted by Crippen LogP contribution is -2.33. The van der Waals surface area contributed by atoms with Crippen LogP contribution in [0.4, 0.5) is 0 Å². The molecule has 0 aromatic heterocycles. The summed E-state index contributed by atoms with van der Waals surface area (Å²) >= 11 is 0. The lowest BCUT2D eigenvalue weighted by Gasteiger charge is -2.28. The van der Waals surface area contributed by atoms with E-state index in [-0.39, 0.29) is 0 Å². The normalized spacial score (nSPS) is 15.6. The molecule has 0 saturated heterocycles. The van der Waals surface area contributed by atoms with E-state index >= 15 is 0 Å². The van der Waals surface area contributed by atoms with Gasteiger partial charge in [-0.15, -0.1) is 0 Å². The molecule has 0 unspecified atom stereocenters. The largest absolute Gasteiger partial charge is 0.310 e. The Hall–Kier alpha value is -0.860.